The van der Waals surface area contributed by atoms with E-state index in [0.29, 0.717) is 24.1 Å². The SMILES string of the molecule is O=C(c1ccccc1)N1N2CCc3ccccc3C2C(c2ccccc2)S1(=O)=O. The van der Waals surface area contributed by atoms with Crippen LogP contribution in [0.5, 0.6) is 0 Å². The lowest BCUT2D eigenvalue weighted by atomic mass is 9.89. The highest BCUT2D eigenvalue weighted by Gasteiger charge is 2.56. The van der Waals surface area contributed by atoms with Crippen LogP contribution in [0.1, 0.15) is 38.3 Å². The smallest absolute Gasteiger partial charge is 0.266 e. The van der Waals surface area contributed by atoms with E-state index in [0.717, 1.165) is 15.5 Å². The van der Waals surface area contributed by atoms with E-state index in [1.807, 2.05) is 60.7 Å². The molecule has 0 aromatic heterocycles. The maximum atomic E-state index is 13.7. The van der Waals surface area contributed by atoms with Crippen molar-refractivity contribution in [3.8, 4) is 0 Å². The summed E-state index contributed by atoms with van der Waals surface area (Å²) >= 11 is 0. The quantitative estimate of drug-likeness (QED) is 0.653. The number of hydrazine groups is 1. The lowest BCUT2D eigenvalue weighted by molar-refractivity contribution is 0.0243. The van der Waals surface area contributed by atoms with Gasteiger partial charge in [0.25, 0.3) is 15.9 Å². The lowest BCUT2D eigenvalue weighted by Crippen LogP contribution is -2.46. The molecule has 0 radical (unpaired) electrons. The molecule has 0 bridgehead atoms. The topological polar surface area (TPSA) is 57.7 Å². The van der Waals surface area contributed by atoms with Gasteiger partial charge in [0, 0.05) is 12.1 Å². The third-order valence-electron chi connectivity index (χ3n) is 5.71. The molecule has 2 heterocycles. The number of rotatable bonds is 2. The van der Waals surface area contributed by atoms with Gasteiger partial charge in [-0.1, -0.05) is 72.8 Å². The minimum Gasteiger partial charge on any atom is -0.266 e. The third kappa shape index (κ3) is 2.79. The second-order valence-electron chi connectivity index (χ2n) is 7.35. The van der Waals surface area contributed by atoms with Crippen molar-refractivity contribution in [2.75, 3.05) is 6.54 Å². The van der Waals surface area contributed by atoms with E-state index in [4.69, 9.17) is 0 Å². The molecule has 0 N–H and O–H groups in total. The molecule has 2 atom stereocenters. The maximum Gasteiger partial charge on any atom is 0.282 e. The zero-order chi connectivity index (χ0) is 20.0. The predicted molar refractivity (Wildman–Crippen MR) is 110 cm³/mol. The molecular formula is C23H20N2O3S. The molecule has 0 spiro atoms. The summed E-state index contributed by atoms with van der Waals surface area (Å²) in [6.07, 6.45) is 0.697. The monoisotopic (exact) mass is 404 g/mol. The van der Waals surface area contributed by atoms with Crippen LogP contribution < -0.4 is 0 Å². The fraction of sp³-hybridized carbons (Fsp3) is 0.174. The van der Waals surface area contributed by atoms with Crippen LogP contribution in [-0.4, -0.2) is 30.3 Å². The molecule has 5 rings (SSSR count). The van der Waals surface area contributed by atoms with Crippen molar-refractivity contribution in [3.05, 3.63) is 107 Å². The highest BCUT2D eigenvalue weighted by Crippen LogP contribution is 2.51. The molecule has 1 amide bonds. The molecule has 2 unspecified atom stereocenters. The molecule has 3 aromatic carbocycles. The molecule has 1 fully saturated rings. The van der Waals surface area contributed by atoms with Crippen molar-refractivity contribution in [3.63, 3.8) is 0 Å². The summed E-state index contributed by atoms with van der Waals surface area (Å²) in [6, 6.07) is 25.3. The number of hydrogen-bond acceptors (Lipinski definition) is 4. The van der Waals surface area contributed by atoms with Gasteiger partial charge in [-0.05, 0) is 35.2 Å². The minimum absolute atomic E-state index is 0.363. The Kier molecular flexibility index (Phi) is 4.26. The van der Waals surface area contributed by atoms with Gasteiger partial charge in [-0.15, -0.1) is 0 Å². The van der Waals surface area contributed by atoms with Crippen LogP contribution in [0.4, 0.5) is 0 Å². The van der Waals surface area contributed by atoms with Crippen LogP contribution >= 0.6 is 0 Å². The van der Waals surface area contributed by atoms with Crippen LogP contribution in [0.25, 0.3) is 0 Å². The van der Waals surface area contributed by atoms with Gasteiger partial charge in [-0.2, -0.15) is 9.42 Å². The molecule has 0 saturated carbocycles. The van der Waals surface area contributed by atoms with Gasteiger partial charge in [0.05, 0.1) is 6.04 Å². The summed E-state index contributed by atoms with van der Waals surface area (Å²) in [5, 5.41) is 0.905. The molecule has 2 aliphatic heterocycles. The highest BCUT2D eigenvalue weighted by molar-refractivity contribution is 7.90. The van der Waals surface area contributed by atoms with Crippen molar-refractivity contribution < 1.29 is 13.2 Å². The third-order valence-corrected chi connectivity index (χ3v) is 7.74. The van der Waals surface area contributed by atoms with Crippen molar-refractivity contribution >= 4 is 15.9 Å². The standard InChI is InChI=1S/C23H20N2O3S/c26-23(19-12-5-2-6-13-19)25-24-16-15-17-9-7-8-14-20(17)21(24)22(29(25,27)28)18-10-3-1-4-11-18/h1-14,21-22H,15-16H2. The van der Waals surface area contributed by atoms with E-state index in [9.17, 15) is 13.2 Å². The number of hydrogen-bond donors (Lipinski definition) is 0. The van der Waals surface area contributed by atoms with Crippen LogP contribution in [0.2, 0.25) is 0 Å². The van der Waals surface area contributed by atoms with E-state index in [1.165, 1.54) is 0 Å². The molecule has 0 aliphatic carbocycles. The Morgan fingerprint density at radius 2 is 1.45 bits per heavy atom. The molecule has 2 aliphatic rings. The number of sulfonamides is 1. The van der Waals surface area contributed by atoms with Crippen molar-refractivity contribution in [1.29, 1.82) is 0 Å². The fourth-order valence-electron chi connectivity index (χ4n) is 4.45. The number of fused-ring (bicyclic) bond motifs is 3. The van der Waals surface area contributed by atoms with Gasteiger partial charge in [-0.3, -0.25) is 4.79 Å². The first-order valence-corrected chi connectivity index (χ1v) is 11.1. The second kappa shape index (κ2) is 6.83. The van der Waals surface area contributed by atoms with Gasteiger partial charge < -0.3 is 0 Å². The summed E-state index contributed by atoms with van der Waals surface area (Å²) < 4.78 is 28.5. The molecule has 146 valence electrons. The van der Waals surface area contributed by atoms with E-state index in [1.54, 1.807) is 29.3 Å². The zero-order valence-electron chi connectivity index (χ0n) is 15.7. The largest absolute Gasteiger partial charge is 0.282 e. The van der Waals surface area contributed by atoms with Crippen LogP contribution in [0.3, 0.4) is 0 Å². The Hall–Kier alpha value is -2.96. The Balaban J connectivity index is 1.70. The van der Waals surface area contributed by atoms with Crippen LogP contribution in [0.15, 0.2) is 84.9 Å². The lowest BCUT2D eigenvalue weighted by Gasteiger charge is -2.35. The highest BCUT2D eigenvalue weighted by atomic mass is 32.2. The summed E-state index contributed by atoms with van der Waals surface area (Å²) in [4.78, 5) is 13.3. The number of carbonyl (C=O) groups is 1. The average Bonchev–Trinajstić information content (AvgIpc) is 3.01. The minimum atomic E-state index is -3.94. The van der Waals surface area contributed by atoms with Crippen LogP contribution in [0, 0.1) is 0 Å². The van der Waals surface area contributed by atoms with Gasteiger partial charge >= 0.3 is 0 Å². The number of carbonyl (C=O) groups excluding carboxylic acids is 1. The molecule has 29 heavy (non-hydrogen) atoms. The summed E-state index contributed by atoms with van der Waals surface area (Å²) in [5.41, 5.74) is 3.17. The number of benzene rings is 3. The first-order valence-electron chi connectivity index (χ1n) is 9.62. The predicted octanol–water partition coefficient (Wildman–Crippen LogP) is 3.73. The van der Waals surface area contributed by atoms with Gasteiger partial charge in [-0.25, -0.2) is 8.42 Å². The average molecular weight is 404 g/mol. The van der Waals surface area contributed by atoms with E-state index in [2.05, 4.69) is 0 Å². The zero-order valence-corrected chi connectivity index (χ0v) is 16.5. The normalized spacial score (nSPS) is 22.7. The Bertz CT molecular complexity index is 1160. The second-order valence-corrected chi connectivity index (χ2v) is 9.23. The molecule has 3 aromatic rings. The maximum absolute atomic E-state index is 13.7. The Labute approximate surface area is 170 Å². The first-order chi connectivity index (χ1) is 14.1. The molecular weight excluding hydrogens is 384 g/mol. The molecule has 1 saturated heterocycles. The van der Waals surface area contributed by atoms with Gasteiger partial charge in [0.1, 0.15) is 5.25 Å². The van der Waals surface area contributed by atoms with Crippen LogP contribution in [-0.2, 0) is 16.4 Å². The molecule has 5 nitrogen and oxygen atoms in total. The van der Waals surface area contributed by atoms with Gasteiger partial charge in [0.2, 0.25) is 0 Å². The summed E-state index contributed by atoms with van der Waals surface area (Å²) in [6.45, 7) is 0.475. The molecule has 6 heteroatoms. The van der Waals surface area contributed by atoms with Gasteiger partial charge in [0.15, 0.2) is 0 Å². The van der Waals surface area contributed by atoms with E-state index < -0.39 is 27.2 Å². The van der Waals surface area contributed by atoms with Crippen molar-refractivity contribution in [1.82, 2.24) is 9.42 Å². The fourth-order valence-corrected chi connectivity index (χ4v) is 6.59. The Morgan fingerprint density at radius 3 is 2.17 bits per heavy atom. The van der Waals surface area contributed by atoms with Crippen molar-refractivity contribution in [2.24, 2.45) is 0 Å². The van der Waals surface area contributed by atoms with Crippen molar-refractivity contribution in [2.45, 2.75) is 17.7 Å². The number of amides is 1. The summed E-state index contributed by atoms with van der Waals surface area (Å²) in [5.74, 6) is -0.506. The van der Waals surface area contributed by atoms with E-state index >= 15 is 0 Å². The Morgan fingerprint density at radius 1 is 0.828 bits per heavy atom. The van der Waals surface area contributed by atoms with E-state index in [-0.39, 0.29) is 0 Å². The number of nitrogens with zero attached hydrogens (tertiary/aromatic N) is 2. The first kappa shape index (κ1) is 18.1. The summed E-state index contributed by atoms with van der Waals surface area (Å²) in [7, 11) is -3.94.